The predicted molar refractivity (Wildman–Crippen MR) is 98.6 cm³/mol. The molecule has 6 nitrogen and oxygen atoms in total. The van der Waals surface area contributed by atoms with Gasteiger partial charge in [0.1, 0.15) is 5.75 Å². The van der Waals surface area contributed by atoms with E-state index in [9.17, 15) is 13.2 Å². The molecule has 2 N–H and O–H groups in total. The minimum Gasteiger partial charge on any atom is -0.496 e. The molecular weight excluding hydrogens is 408 g/mol. The van der Waals surface area contributed by atoms with Gasteiger partial charge < -0.3 is 9.64 Å². The van der Waals surface area contributed by atoms with E-state index in [-0.39, 0.29) is 26.6 Å². The van der Waals surface area contributed by atoms with Crippen LogP contribution in [0.25, 0.3) is 0 Å². The van der Waals surface area contributed by atoms with E-state index in [0.717, 1.165) is 23.2 Å². The fraction of sp³-hybridized carbons (Fsp3) is 0.235. The standard InChI is InChI=1S/C17H17BrN2O4S/c1-10-3-4-11-5-6-20(14(11)7-10)17(21)12-8-16(25(19,22)23)13(18)9-15(12)24-2/h3-4,7-9H,5-6H2,1-2H3,(H2,19,22,23). The number of amides is 1. The monoisotopic (exact) mass is 424 g/mol. The van der Waals surface area contributed by atoms with E-state index in [1.807, 2.05) is 25.1 Å². The van der Waals surface area contributed by atoms with Crippen molar-refractivity contribution in [2.75, 3.05) is 18.6 Å². The minimum atomic E-state index is -3.98. The average Bonchev–Trinajstić information content (AvgIpc) is 2.95. The second-order valence-electron chi connectivity index (χ2n) is 5.87. The third-order valence-corrected chi connectivity index (χ3v) is 6.04. The molecule has 1 aliphatic rings. The fourth-order valence-electron chi connectivity index (χ4n) is 2.93. The summed E-state index contributed by atoms with van der Waals surface area (Å²) in [5.41, 5.74) is 3.13. The highest BCUT2D eigenvalue weighted by molar-refractivity contribution is 9.10. The lowest BCUT2D eigenvalue weighted by Gasteiger charge is -2.20. The summed E-state index contributed by atoms with van der Waals surface area (Å²) >= 11 is 3.16. The second kappa shape index (κ2) is 6.44. The molecule has 1 amide bonds. The van der Waals surface area contributed by atoms with Crippen LogP contribution in [-0.4, -0.2) is 28.0 Å². The Labute approximate surface area is 154 Å². The maximum atomic E-state index is 13.1. The summed E-state index contributed by atoms with van der Waals surface area (Å²) in [6, 6.07) is 8.67. The van der Waals surface area contributed by atoms with E-state index in [2.05, 4.69) is 15.9 Å². The van der Waals surface area contributed by atoms with E-state index in [4.69, 9.17) is 9.88 Å². The number of carbonyl (C=O) groups is 1. The molecule has 132 valence electrons. The summed E-state index contributed by atoms with van der Waals surface area (Å²) in [5, 5.41) is 5.24. The van der Waals surface area contributed by atoms with Gasteiger partial charge in [-0.05, 0) is 58.6 Å². The molecule has 0 atom stereocenters. The van der Waals surface area contributed by atoms with Crippen LogP contribution in [0.2, 0.25) is 0 Å². The number of aryl methyl sites for hydroxylation is 1. The number of nitrogens with two attached hydrogens (primary N) is 1. The number of benzene rings is 2. The largest absolute Gasteiger partial charge is 0.496 e. The molecule has 0 fully saturated rings. The number of ether oxygens (including phenoxy) is 1. The molecule has 2 aromatic carbocycles. The van der Waals surface area contributed by atoms with Gasteiger partial charge in [-0.15, -0.1) is 0 Å². The normalized spacial score (nSPS) is 13.7. The number of nitrogens with zero attached hydrogens (tertiary/aromatic N) is 1. The van der Waals surface area contributed by atoms with E-state index in [1.54, 1.807) is 4.90 Å². The number of fused-ring (bicyclic) bond motifs is 1. The summed E-state index contributed by atoms with van der Waals surface area (Å²) in [5.74, 6) is -0.0380. The van der Waals surface area contributed by atoms with E-state index in [1.165, 1.54) is 19.2 Å². The Balaban J connectivity index is 2.11. The highest BCUT2D eigenvalue weighted by Crippen LogP contribution is 2.35. The number of hydrogen-bond donors (Lipinski definition) is 1. The van der Waals surface area contributed by atoms with Crippen molar-refractivity contribution in [3.8, 4) is 5.75 Å². The second-order valence-corrected chi connectivity index (χ2v) is 8.25. The van der Waals surface area contributed by atoms with Crippen molar-refractivity contribution in [1.29, 1.82) is 0 Å². The summed E-state index contributed by atoms with van der Waals surface area (Å²) in [6.07, 6.45) is 0.752. The fourth-order valence-corrected chi connectivity index (χ4v) is 4.55. The minimum absolute atomic E-state index is 0.152. The van der Waals surface area contributed by atoms with Crippen molar-refractivity contribution < 1.29 is 17.9 Å². The number of hydrogen-bond acceptors (Lipinski definition) is 4. The first kappa shape index (κ1) is 17.9. The van der Waals surface area contributed by atoms with Gasteiger partial charge in [0.15, 0.2) is 0 Å². The Bertz CT molecular complexity index is 973. The van der Waals surface area contributed by atoms with Crippen LogP contribution in [0, 0.1) is 6.92 Å². The van der Waals surface area contributed by atoms with Crippen LogP contribution in [0.1, 0.15) is 21.5 Å². The SMILES string of the molecule is COc1cc(Br)c(S(N)(=O)=O)cc1C(=O)N1CCc2ccc(C)cc21. The lowest BCUT2D eigenvalue weighted by atomic mass is 10.1. The molecule has 0 aliphatic carbocycles. The molecule has 0 bridgehead atoms. The lowest BCUT2D eigenvalue weighted by molar-refractivity contribution is 0.0986. The maximum absolute atomic E-state index is 13.1. The Kier molecular flexibility index (Phi) is 4.61. The van der Waals surface area contributed by atoms with Crippen LogP contribution in [0.5, 0.6) is 5.75 Å². The van der Waals surface area contributed by atoms with E-state index >= 15 is 0 Å². The van der Waals surface area contributed by atoms with Crippen LogP contribution >= 0.6 is 15.9 Å². The number of sulfonamides is 1. The van der Waals surface area contributed by atoms with Crippen molar-refractivity contribution in [2.45, 2.75) is 18.2 Å². The van der Waals surface area contributed by atoms with Gasteiger partial charge in [-0.1, -0.05) is 12.1 Å². The van der Waals surface area contributed by atoms with Crippen LogP contribution in [-0.2, 0) is 16.4 Å². The smallest absolute Gasteiger partial charge is 0.262 e. The average molecular weight is 425 g/mol. The Hall–Kier alpha value is -1.90. The molecule has 0 unspecified atom stereocenters. The van der Waals surface area contributed by atoms with Crippen LogP contribution in [0.4, 0.5) is 5.69 Å². The summed E-state index contributed by atoms with van der Waals surface area (Å²) in [6.45, 7) is 2.49. The maximum Gasteiger partial charge on any atom is 0.262 e. The quantitative estimate of drug-likeness (QED) is 0.819. The molecule has 2 aromatic rings. The molecule has 1 heterocycles. The van der Waals surface area contributed by atoms with Gasteiger partial charge in [-0.3, -0.25) is 4.79 Å². The molecule has 0 radical (unpaired) electrons. The summed E-state index contributed by atoms with van der Waals surface area (Å²) < 4.78 is 29.1. The zero-order valence-electron chi connectivity index (χ0n) is 13.7. The zero-order valence-corrected chi connectivity index (χ0v) is 16.1. The number of primary sulfonamides is 1. The number of halogens is 1. The van der Waals surface area contributed by atoms with Gasteiger partial charge in [0.2, 0.25) is 10.0 Å². The molecule has 3 rings (SSSR count). The number of methoxy groups -OCH3 is 1. The van der Waals surface area contributed by atoms with Crippen LogP contribution in [0.15, 0.2) is 39.7 Å². The molecular formula is C17H17BrN2O4S. The van der Waals surface area contributed by atoms with Crippen molar-refractivity contribution in [2.24, 2.45) is 5.14 Å². The lowest BCUT2D eigenvalue weighted by Crippen LogP contribution is -2.29. The Morgan fingerprint density at radius 3 is 2.64 bits per heavy atom. The van der Waals surface area contributed by atoms with Gasteiger partial charge >= 0.3 is 0 Å². The van der Waals surface area contributed by atoms with Gasteiger partial charge in [0.05, 0.1) is 17.6 Å². The molecule has 8 heteroatoms. The first-order chi connectivity index (χ1) is 11.7. The zero-order chi connectivity index (χ0) is 18.4. The van der Waals surface area contributed by atoms with E-state index < -0.39 is 10.0 Å². The first-order valence-electron chi connectivity index (χ1n) is 7.54. The van der Waals surface area contributed by atoms with E-state index in [0.29, 0.717) is 6.54 Å². The number of rotatable bonds is 3. The third kappa shape index (κ3) is 3.29. The molecule has 0 spiro atoms. The molecule has 0 saturated heterocycles. The van der Waals surface area contributed by atoms with Crippen molar-refractivity contribution in [3.05, 3.63) is 51.5 Å². The van der Waals surface area contributed by atoms with Gasteiger partial charge in [0.25, 0.3) is 5.91 Å². The number of carbonyl (C=O) groups excluding carboxylic acids is 1. The van der Waals surface area contributed by atoms with Gasteiger partial charge in [-0.2, -0.15) is 0 Å². The highest BCUT2D eigenvalue weighted by atomic mass is 79.9. The summed E-state index contributed by atoms with van der Waals surface area (Å²) in [7, 11) is -2.55. The van der Waals surface area contributed by atoms with Crippen molar-refractivity contribution >= 4 is 37.5 Å². The predicted octanol–water partition coefficient (Wildman–Crippen LogP) is 2.62. The Morgan fingerprint density at radius 2 is 2.00 bits per heavy atom. The topological polar surface area (TPSA) is 89.7 Å². The molecule has 1 aliphatic heterocycles. The van der Waals surface area contributed by atoms with Gasteiger partial charge in [0, 0.05) is 16.7 Å². The third-order valence-electron chi connectivity index (χ3n) is 4.17. The first-order valence-corrected chi connectivity index (χ1v) is 9.88. The van der Waals surface area contributed by atoms with Crippen molar-refractivity contribution in [1.82, 2.24) is 0 Å². The Morgan fingerprint density at radius 1 is 1.28 bits per heavy atom. The molecule has 0 aromatic heterocycles. The summed E-state index contributed by atoms with van der Waals surface area (Å²) in [4.78, 5) is 14.6. The highest BCUT2D eigenvalue weighted by Gasteiger charge is 2.29. The number of anilines is 1. The van der Waals surface area contributed by atoms with Crippen LogP contribution < -0.4 is 14.8 Å². The van der Waals surface area contributed by atoms with Crippen LogP contribution in [0.3, 0.4) is 0 Å². The molecule has 25 heavy (non-hydrogen) atoms. The molecule has 0 saturated carbocycles. The van der Waals surface area contributed by atoms with Crippen molar-refractivity contribution in [3.63, 3.8) is 0 Å². The van der Waals surface area contributed by atoms with Gasteiger partial charge in [-0.25, -0.2) is 13.6 Å².